The smallest absolute Gasteiger partial charge is 0.0719 e. The van der Waals surface area contributed by atoms with E-state index in [9.17, 15) is 0 Å². The van der Waals surface area contributed by atoms with Crippen LogP contribution in [-0.4, -0.2) is 0 Å². The van der Waals surface area contributed by atoms with Crippen LogP contribution in [0.25, 0.3) is 43.8 Å². The fourth-order valence-corrected chi connectivity index (χ4v) is 9.92. The van der Waals surface area contributed by atoms with E-state index in [0.717, 1.165) is 17.1 Å². The van der Waals surface area contributed by atoms with E-state index in [1.165, 1.54) is 77.2 Å². The van der Waals surface area contributed by atoms with Gasteiger partial charge in [-0.1, -0.05) is 172 Å². The van der Waals surface area contributed by atoms with Crippen LogP contribution in [0.4, 0.5) is 17.1 Å². The lowest BCUT2D eigenvalue weighted by molar-refractivity contribution is 0.563. The van der Waals surface area contributed by atoms with E-state index in [1.54, 1.807) is 0 Å². The third-order valence-corrected chi connectivity index (χ3v) is 12.5. The van der Waals surface area contributed by atoms with E-state index in [2.05, 4.69) is 219 Å². The number of hydrogen-bond acceptors (Lipinski definition) is 1. The van der Waals surface area contributed by atoms with Gasteiger partial charge in [-0.15, -0.1) is 0 Å². The number of benzene rings is 9. The second kappa shape index (κ2) is 11.9. The lowest BCUT2D eigenvalue weighted by Crippen LogP contribution is -2.40. The molecule has 55 heavy (non-hydrogen) atoms. The largest absolute Gasteiger partial charge is 0.310 e. The Morgan fingerprint density at radius 1 is 0.309 bits per heavy atom. The third kappa shape index (κ3) is 4.60. The Bertz CT molecular complexity index is 2840. The van der Waals surface area contributed by atoms with Crippen molar-refractivity contribution in [2.75, 3.05) is 4.90 Å². The van der Waals surface area contributed by atoms with Crippen LogP contribution < -0.4 is 4.90 Å². The third-order valence-electron chi connectivity index (χ3n) is 12.5. The number of anilines is 3. The summed E-state index contributed by atoms with van der Waals surface area (Å²) in [5, 5.41) is 4.93. The lowest BCUT2D eigenvalue weighted by atomic mass is 9.55. The first-order valence-electron chi connectivity index (χ1n) is 19.3. The van der Waals surface area contributed by atoms with Crippen molar-refractivity contribution in [2.45, 2.75) is 24.7 Å². The van der Waals surface area contributed by atoms with Crippen LogP contribution in [0.15, 0.2) is 200 Å². The maximum Gasteiger partial charge on any atom is 0.0719 e. The van der Waals surface area contributed by atoms with Crippen LogP contribution in [0.3, 0.4) is 0 Å². The van der Waals surface area contributed by atoms with Crippen LogP contribution >= 0.6 is 0 Å². The van der Waals surface area contributed by atoms with Crippen molar-refractivity contribution >= 4 is 38.6 Å². The molecule has 0 unspecified atom stereocenters. The number of fused-ring (bicyclic) bond motifs is 11. The molecule has 2 aliphatic rings. The monoisotopic (exact) mass is 701 g/mol. The Balaban J connectivity index is 1.07. The zero-order chi connectivity index (χ0) is 36.7. The van der Waals surface area contributed by atoms with Crippen molar-refractivity contribution in [3.05, 3.63) is 234 Å². The van der Waals surface area contributed by atoms with E-state index >= 15 is 0 Å². The predicted octanol–water partition coefficient (Wildman–Crippen LogP) is 14.1. The molecular formula is C54H39N. The van der Waals surface area contributed by atoms with E-state index in [0.29, 0.717) is 0 Å². The van der Waals surface area contributed by atoms with Crippen molar-refractivity contribution < 1.29 is 0 Å². The molecule has 0 saturated carbocycles. The highest BCUT2D eigenvalue weighted by Gasteiger charge is 2.53. The summed E-state index contributed by atoms with van der Waals surface area (Å²) in [4.78, 5) is 2.38. The van der Waals surface area contributed by atoms with E-state index in [4.69, 9.17) is 0 Å². The van der Waals surface area contributed by atoms with Crippen molar-refractivity contribution in [2.24, 2.45) is 0 Å². The van der Waals surface area contributed by atoms with Gasteiger partial charge in [0.25, 0.3) is 0 Å². The molecule has 0 radical (unpaired) electrons. The molecule has 0 N–H and O–H groups in total. The summed E-state index contributed by atoms with van der Waals surface area (Å²) in [6.07, 6.45) is 0. The first-order valence-corrected chi connectivity index (χ1v) is 19.3. The molecule has 0 heterocycles. The Morgan fingerprint density at radius 2 is 0.745 bits per heavy atom. The van der Waals surface area contributed by atoms with Crippen LogP contribution in [-0.2, 0) is 10.8 Å². The fraction of sp³-hybridized carbons (Fsp3) is 0.0741. The van der Waals surface area contributed by atoms with Gasteiger partial charge >= 0.3 is 0 Å². The van der Waals surface area contributed by atoms with Gasteiger partial charge in [0.15, 0.2) is 0 Å². The van der Waals surface area contributed by atoms with Crippen molar-refractivity contribution in [1.29, 1.82) is 0 Å². The van der Waals surface area contributed by atoms with E-state index in [-0.39, 0.29) is 5.41 Å². The van der Waals surface area contributed by atoms with Crippen LogP contribution in [0.2, 0.25) is 0 Å². The normalized spacial score (nSPS) is 14.3. The summed E-state index contributed by atoms with van der Waals surface area (Å²) in [5.41, 5.74) is 16.2. The predicted molar refractivity (Wildman–Crippen MR) is 231 cm³/mol. The Morgan fingerprint density at radius 3 is 1.33 bits per heavy atom. The van der Waals surface area contributed by atoms with Gasteiger partial charge in [0.05, 0.1) is 5.41 Å². The lowest BCUT2D eigenvalue weighted by Gasteiger charge is -2.46. The first-order chi connectivity index (χ1) is 27.0. The summed E-state index contributed by atoms with van der Waals surface area (Å²) >= 11 is 0. The molecule has 0 aromatic heterocycles. The van der Waals surface area contributed by atoms with Crippen molar-refractivity contribution in [3.63, 3.8) is 0 Å². The average Bonchev–Trinajstić information content (AvgIpc) is 3.53. The first kappa shape index (κ1) is 31.8. The minimum absolute atomic E-state index is 0.120. The number of hydrogen-bond donors (Lipinski definition) is 0. The van der Waals surface area contributed by atoms with E-state index < -0.39 is 5.41 Å². The highest BCUT2D eigenvalue weighted by molar-refractivity contribution is 5.94. The summed E-state index contributed by atoms with van der Waals surface area (Å²) in [5.74, 6) is 0. The maximum absolute atomic E-state index is 2.49. The Kier molecular flexibility index (Phi) is 6.88. The number of rotatable bonds is 4. The quantitative estimate of drug-likeness (QED) is 0.177. The summed E-state index contributed by atoms with van der Waals surface area (Å²) in [7, 11) is 0. The van der Waals surface area contributed by atoms with Gasteiger partial charge in [0.2, 0.25) is 0 Å². The molecular weight excluding hydrogens is 663 g/mol. The molecule has 260 valence electrons. The van der Waals surface area contributed by atoms with Crippen LogP contribution in [0, 0.1) is 0 Å². The molecule has 11 rings (SSSR count). The molecule has 1 heteroatoms. The maximum atomic E-state index is 2.49. The van der Waals surface area contributed by atoms with Gasteiger partial charge in [-0.2, -0.15) is 0 Å². The van der Waals surface area contributed by atoms with Gasteiger partial charge < -0.3 is 4.90 Å². The van der Waals surface area contributed by atoms with Gasteiger partial charge in [-0.3, -0.25) is 0 Å². The molecule has 0 amide bonds. The molecule has 2 aliphatic carbocycles. The molecule has 0 atom stereocenters. The molecule has 9 aromatic rings. The second-order valence-corrected chi connectivity index (χ2v) is 15.7. The fourth-order valence-electron chi connectivity index (χ4n) is 9.92. The molecule has 0 aliphatic heterocycles. The molecule has 0 bridgehead atoms. The highest BCUT2D eigenvalue weighted by atomic mass is 15.1. The zero-order valence-corrected chi connectivity index (χ0v) is 31.0. The van der Waals surface area contributed by atoms with Crippen LogP contribution in [0.1, 0.15) is 47.2 Å². The Hall–Kier alpha value is -6.70. The topological polar surface area (TPSA) is 3.24 Å². The van der Waals surface area contributed by atoms with E-state index in [1.807, 2.05) is 0 Å². The SMILES string of the molecule is CC1(C)c2ccccc2C2(c3ccccc3-c3ccc(-c4ccc(N(c5ccc6ccccc6c5)c5ccc6ccccc6c5)cc4)cc32)c2ccccc21. The molecule has 1 nitrogen and oxygen atoms in total. The van der Waals surface area contributed by atoms with Gasteiger partial charge in [0.1, 0.15) is 0 Å². The minimum atomic E-state index is -0.409. The summed E-state index contributed by atoms with van der Waals surface area (Å²) in [6.45, 7) is 4.77. The highest BCUT2D eigenvalue weighted by Crippen LogP contribution is 2.62. The minimum Gasteiger partial charge on any atom is -0.310 e. The number of nitrogens with zero attached hydrogens (tertiary/aromatic N) is 1. The summed E-state index contributed by atoms with van der Waals surface area (Å²) in [6, 6.07) is 74.5. The molecule has 0 saturated heterocycles. The average molecular weight is 702 g/mol. The molecule has 0 fully saturated rings. The molecule has 9 aromatic carbocycles. The van der Waals surface area contributed by atoms with Crippen molar-refractivity contribution in [1.82, 2.24) is 0 Å². The second-order valence-electron chi connectivity index (χ2n) is 15.7. The zero-order valence-electron chi connectivity index (χ0n) is 31.0. The van der Waals surface area contributed by atoms with Gasteiger partial charge in [0, 0.05) is 22.5 Å². The molecule has 1 spiro atoms. The summed E-state index contributed by atoms with van der Waals surface area (Å²) < 4.78 is 0. The van der Waals surface area contributed by atoms with Crippen LogP contribution in [0.5, 0.6) is 0 Å². The van der Waals surface area contributed by atoms with Crippen molar-refractivity contribution in [3.8, 4) is 22.3 Å². The van der Waals surface area contributed by atoms with Gasteiger partial charge in [-0.05, 0) is 120 Å². The van der Waals surface area contributed by atoms with Gasteiger partial charge in [-0.25, -0.2) is 0 Å². The standard InChI is InChI=1S/C54H39N/c1-53(2)48-19-9-11-21-50(48)54(51-22-12-10-20-49(51)53)47-18-8-7-17-45(47)46-32-27-41(35-52(46)54)38-23-28-42(29-24-38)55(43-30-25-36-13-3-5-15-39(36)33-43)44-31-26-37-14-4-6-16-40(37)34-44/h3-35H,1-2H3. The Labute approximate surface area is 322 Å².